The third-order valence-electron chi connectivity index (χ3n) is 3.93. The van der Waals surface area contributed by atoms with Crippen molar-refractivity contribution in [2.45, 2.75) is 23.9 Å². The Kier molecular flexibility index (Phi) is 6.50. The van der Waals surface area contributed by atoms with Gasteiger partial charge >= 0.3 is 0 Å². The van der Waals surface area contributed by atoms with Crippen molar-refractivity contribution < 1.29 is 17.6 Å². The fraction of sp³-hybridized carbons (Fsp3) is 0.158. The summed E-state index contributed by atoms with van der Waals surface area (Å²) in [5.41, 5.74) is 3.12. The number of thiazole rings is 1. The second-order valence-electron chi connectivity index (χ2n) is 6.02. The molecule has 0 bridgehead atoms. The van der Waals surface area contributed by atoms with E-state index >= 15 is 0 Å². The van der Waals surface area contributed by atoms with E-state index in [-0.39, 0.29) is 17.9 Å². The molecule has 0 aliphatic rings. The van der Waals surface area contributed by atoms with Gasteiger partial charge in [0, 0.05) is 5.38 Å². The number of nitrogens with one attached hydrogen (secondary N) is 2. The highest BCUT2D eigenvalue weighted by Crippen LogP contribution is 2.13. The summed E-state index contributed by atoms with van der Waals surface area (Å²) in [5.74, 6) is -1.16. The number of benzene rings is 2. The van der Waals surface area contributed by atoms with Gasteiger partial charge in [0.2, 0.25) is 15.9 Å². The number of rotatable bonds is 8. The van der Waals surface area contributed by atoms with Gasteiger partial charge in [0.15, 0.2) is 0 Å². The molecule has 9 heteroatoms. The Labute approximate surface area is 166 Å². The van der Waals surface area contributed by atoms with Gasteiger partial charge in [-0.05, 0) is 30.2 Å². The van der Waals surface area contributed by atoms with Crippen LogP contribution in [0.15, 0.2) is 70.4 Å². The first-order valence-electron chi connectivity index (χ1n) is 8.40. The Balaban J connectivity index is 1.79. The lowest BCUT2D eigenvalue weighted by molar-refractivity contribution is -0.122. The number of sulfonamides is 1. The van der Waals surface area contributed by atoms with Crippen LogP contribution in [0.4, 0.5) is 4.39 Å². The molecular formula is C19H18FN3O3S2. The van der Waals surface area contributed by atoms with Crippen molar-refractivity contribution in [3.05, 3.63) is 82.6 Å². The first-order valence-corrected chi connectivity index (χ1v) is 10.8. The summed E-state index contributed by atoms with van der Waals surface area (Å²) in [4.78, 5) is 16.5. The molecule has 1 amide bonds. The van der Waals surface area contributed by atoms with Crippen molar-refractivity contribution >= 4 is 27.3 Å². The minimum absolute atomic E-state index is 0.151. The molecule has 0 fully saturated rings. The molecule has 0 saturated carbocycles. The van der Waals surface area contributed by atoms with Crippen molar-refractivity contribution in [3.8, 4) is 0 Å². The van der Waals surface area contributed by atoms with Gasteiger partial charge in [0.1, 0.15) is 11.9 Å². The molecule has 2 N–H and O–H groups in total. The smallest absolute Gasteiger partial charge is 0.241 e. The van der Waals surface area contributed by atoms with E-state index in [4.69, 9.17) is 0 Å². The number of nitrogens with zero attached hydrogens (tertiary/aromatic N) is 1. The summed E-state index contributed by atoms with van der Waals surface area (Å²) in [6.45, 7) is 0.190. The van der Waals surface area contributed by atoms with Crippen molar-refractivity contribution in [1.82, 2.24) is 15.0 Å². The maximum absolute atomic E-state index is 13.4. The van der Waals surface area contributed by atoms with Crippen LogP contribution in [0.2, 0.25) is 0 Å². The van der Waals surface area contributed by atoms with Crippen molar-refractivity contribution in [1.29, 1.82) is 0 Å². The van der Waals surface area contributed by atoms with Gasteiger partial charge in [0.05, 0.1) is 22.6 Å². The molecule has 1 unspecified atom stereocenters. The summed E-state index contributed by atoms with van der Waals surface area (Å²) in [5, 5.41) is 4.49. The molecule has 28 heavy (non-hydrogen) atoms. The lowest BCUT2D eigenvalue weighted by atomic mass is 10.1. The van der Waals surface area contributed by atoms with Crippen molar-refractivity contribution in [2.75, 3.05) is 0 Å². The Bertz CT molecular complexity index is 1030. The summed E-state index contributed by atoms with van der Waals surface area (Å²) < 4.78 is 41.1. The highest BCUT2D eigenvalue weighted by Gasteiger charge is 2.26. The van der Waals surface area contributed by atoms with Gasteiger partial charge in [-0.2, -0.15) is 4.72 Å². The zero-order chi connectivity index (χ0) is 20.0. The molecule has 0 saturated heterocycles. The van der Waals surface area contributed by atoms with E-state index in [1.54, 1.807) is 35.2 Å². The Morgan fingerprint density at radius 1 is 1.14 bits per heavy atom. The number of carbonyl (C=O) groups is 1. The van der Waals surface area contributed by atoms with Crippen LogP contribution >= 0.6 is 11.3 Å². The average molecular weight is 420 g/mol. The van der Waals surface area contributed by atoms with E-state index in [0.717, 1.165) is 17.7 Å². The molecular weight excluding hydrogens is 401 g/mol. The molecule has 0 aliphatic heterocycles. The first-order chi connectivity index (χ1) is 13.4. The molecule has 0 spiro atoms. The largest absolute Gasteiger partial charge is 0.349 e. The minimum Gasteiger partial charge on any atom is -0.349 e. The Morgan fingerprint density at radius 3 is 2.61 bits per heavy atom. The topological polar surface area (TPSA) is 88.2 Å². The summed E-state index contributed by atoms with van der Waals surface area (Å²) >= 11 is 1.40. The van der Waals surface area contributed by atoms with Crippen LogP contribution in [-0.2, 0) is 27.8 Å². The number of aromatic nitrogens is 1. The SMILES string of the molecule is O=C(NCc1cscn1)C(Cc1ccccc1)NS(=O)(=O)c1cccc(F)c1. The predicted molar refractivity (Wildman–Crippen MR) is 105 cm³/mol. The van der Waals surface area contributed by atoms with E-state index < -0.39 is 27.8 Å². The third-order valence-corrected chi connectivity index (χ3v) is 6.03. The van der Waals surface area contributed by atoms with Gasteiger partial charge in [-0.3, -0.25) is 4.79 Å². The molecule has 1 heterocycles. The molecule has 146 valence electrons. The molecule has 1 atom stereocenters. The van der Waals surface area contributed by atoms with Crippen LogP contribution in [0, 0.1) is 5.82 Å². The first kappa shape index (κ1) is 20.1. The van der Waals surface area contributed by atoms with Gasteiger partial charge in [-0.1, -0.05) is 36.4 Å². The number of hydrogen-bond acceptors (Lipinski definition) is 5. The van der Waals surface area contributed by atoms with Crippen LogP contribution in [0.3, 0.4) is 0 Å². The van der Waals surface area contributed by atoms with E-state index in [1.165, 1.54) is 23.5 Å². The molecule has 6 nitrogen and oxygen atoms in total. The highest BCUT2D eigenvalue weighted by molar-refractivity contribution is 7.89. The summed E-state index contributed by atoms with van der Waals surface area (Å²) in [7, 11) is -4.08. The monoisotopic (exact) mass is 419 g/mol. The Morgan fingerprint density at radius 2 is 1.93 bits per heavy atom. The van der Waals surface area contributed by atoms with E-state index in [2.05, 4.69) is 15.0 Å². The van der Waals surface area contributed by atoms with E-state index in [9.17, 15) is 17.6 Å². The average Bonchev–Trinajstić information content (AvgIpc) is 3.20. The molecule has 3 rings (SSSR count). The fourth-order valence-corrected chi connectivity index (χ4v) is 4.34. The maximum atomic E-state index is 13.4. The standard InChI is InChI=1S/C19H18FN3O3S2/c20-15-7-4-8-17(10-15)28(25,26)23-18(9-14-5-2-1-3-6-14)19(24)21-11-16-12-27-13-22-16/h1-8,10,12-13,18,23H,9,11H2,(H,21,24). The maximum Gasteiger partial charge on any atom is 0.241 e. The fourth-order valence-electron chi connectivity index (χ4n) is 2.55. The second-order valence-corrected chi connectivity index (χ2v) is 8.45. The van der Waals surface area contributed by atoms with Gasteiger partial charge < -0.3 is 5.32 Å². The van der Waals surface area contributed by atoms with Crippen molar-refractivity contribution in [3.63, 3.8) is 0 Å². The summed E-state index contributed by atoms with van der Waals surface area (Å²) in [6.07, 6.45) is 0.151. The van der Waals surface area contributed by atoms with Crippen LogP contribution in [0.5, 0.6) is 0 Å². The zero-order valence-corrected chi connectivity index (χ0v) is 16.3. The lowest BCUT2D eigenvalue weighted by Crippen LogP contribution is -2.47. The molecule has 1 aromatic heterocycles. The van der Waals surface area contributed by atoms with Crippen LogP contribution in [-0.4, -0.2) is 25.4 Å². The number of halogens is 1. The number of hydrogen-bond donors (Lipinski definition) is 2. The van der Waals surface area contributed by atoms with Crippen molar-refractivity contribution in [2.24, 2.45) is 0 Å². The van der Waals surface area contributed by atoms with Crippen LogP contribution in [0.1, 0.15) is 11.3 Å². The zero-order valence-electron chi connectivity index (χ0n) is 14.7. The van der Waals surface area contributed by atoms with E-state index in [1.807, 2.05) is 6.07 Å². The molecule has 0 radical (unpaired) electrons. The summed E-state index contributed by atoms with van der Waals surface area (Å²) in [6, 6.07) is 12.6. The molecule has 2 aromatic carbocycles. The van der Waals surface area contributed by atoms with Crippen LogP contribution in [0.25, 0.3) is 0 Å². The minimum atomic E-state index is -4.08. The molecule has 3 aromatic rings. The van der Waals surface area contributed by atoms with Gasteiger partial charge in [0.25, 0.3) is 0 Å². The number of amides is 1. The quantitative estimate of drug-likeness (QED) is 0.587. The highest BCUT2D eigenvalue weighted by atomic mass is 32.2. The second kappa shape index (κ2) is 9.05. The lowest BCUT2D eigenvalue weighted by Gasteiger charge is -2.18. The van der Waals surface area contributed by atoms with E-state index in [0.29, 0.717) is 5.69 Å². The predicted octanol–water partition coefficient (Wildman–Crippen LogP) is 2.49. The van der Waals surface area contributed by atoms with Crippen LogP contribution < -0.4 is 10.0 Å². The Hall–Kier alpha value is -2.62. The molecule has 0 aliphatic carbocycles. The third kappa shape index (κ3) is 5.44. The van der Waals surface area contributed by atoms with Gasteiger partial charge in [-0.25, -0.2) is 17.8 Å². The normalized spacial score (nSPS) is 12.5. The van der Waals surface area contributed by atoms with Gasteiger partial charge in [-0.15, -0.1) is 11.3 Å². The number of carbonyl (C=O) groups excluding carboxylic acids is 1.